The van der Waals surface area contributed by atoms with Crippen molar-refractivity contribution in [2.45, 2.75) is 13.8 Å². The second kappa shape index (κ2) is 4.24. The summed E-state index contributed by atoms with van der Waals surface area (Å²) in [5, 5.41) is 1.36. The Morgan fingerprint density at radius 1 is 1.67 bits per heavy atom. The number of hydrogen-bond donors (Lipinski definition) is 0. The van der Waals surface area contributed by atoms with Gasteiger partial charge in [-0.05, 0) is 13.8 Å². The van der Waals surface area contributed by atoms with Gasteiger partial charge in [0.2, 0.25) is 6.08 Å². The first-order valence-electron chi connectivity index (χ1n) is 2.85. The van der Waals surface area contributed by atoms with Crippen LogP contribution in [0.4, 0.5) is 0 Å². The molecule has 9 heavy (non-hydrogen) atoms. The van der Waals surface area contributed by atoms with Gasteiger partial charge < -0.3 is 0 Å². The van der Waals surface area contributed by atoms with E-state index < -0.39 is 0 Å². The minimum Gasteiger partial charge on any atom is -0.211 e. The predicted octanol–water partition coefficient (Wildman–Crippen LogP) is -0.0185. The Kier molecular flexibility index (Phi) is 3.93. The summed E-state index contributed by atoms with van der Waals surface area (Å²) in [5.41, 5.74) is 1.20. The molecule has 0 unspecified atom stereocenters. The molecule has 0 aromatic heterocycles. The largest absolute Gasteiger partial charge is 0.235 e. The van der Waals surface area contributed by atoms with E-state index in [1.807, 2.05) is 6.92 Å². The van der Waals surface area contributed by atoms with Gasteiger partial charge in [0.05, 0.1) is 6.54 Å². The van der Waals surface area contributed by atoms with Crippen LogP contribution in [-0.2, 0) is 4.79 Å². The lowest BCUT2D eigenvalue weighted by atomic mass is 10.3. The van der Waals surface area contributed by atoms with Crippen molar-refractivity contribution in [2.75, 3.05) is 6.54 Å². The highest BCUT2D eigenvalue weighted by Gasteiger charge is 1.87. The second-order valence-electron chi connectivity index (χ2n) is 2.19. The first-order chi connectivity index (χ1) is 4.18. The molecule has 0 aliphatic carbocycles. The third-order valence-electron chi connectivity index (χ3n) is 1.23. The van der Waals surface area contributed by atoms with E-state index in [4.69, 9.17) is 0 Å². The third-order valence-corrected chi connectivity index (χ3v) is 2.09. The Morgan fingerprint density at radius 3 is 2.56 bits per heavy atom. The molecule has 0 amide bonds. The molecule has 0 atom stereocenters. The van der Waals surface area contributed by atoms with Gasteiger partial charge in [-0.25, -0.2) is 9.79 Å². The lowest BCUT2D eigenvalue weighted by Gasteiger charge is -1.94. The van der Waals surface area contributed by atoms with Crippen LogP contribution in [0.2, 0.25) is 0 Å². The molecule has 0 aromatic rings. The molecule has 0 N–H and O–H groups in total. The Balaban J connectivity index is 3.91. The summed E-state index contributed by atoms with van der Waals surface area (Å²) < 4.78 is 0. The topological polar surface area (TPSA) is 29.4 Å². The van der Waals surface area contributed by atoms with Gasteiger partial charge in [-0.3, -0.25) is 0 Å². The van der Waals surface area contributed by atoms with E-state index in [0.29, 0.717) is 6.54 Å². The maximum absolute atomic E-state index is 9.63. The van der Waals surface area contributed by atoms with Gasteiger partial charge in [-0.2, -0.15) is 0 Å². The van der Waals surface area contributed by atoms with Crippen LogP contribution >= 0.6 is 0 Å². The number of hydrogen-bond acceptors (Lipinski definition) is 2. The normalized spacial score (nSPS) is 12.2. The number of isocyanates is 1. The van der Waals surface area contributed by atoms with Crippen LogP contribution < -0.4 is 0 Å². The third kappa shape index (κ3) is 3.88. The molecule has 50 valence electrons. The molecule has 0 radical (unpaired) electrons. The predicted molar refractivity (Wildman–Crippen MR) is 41.3 cm³/mol. The lowest BCUT2D eigenvalue weighted by Crippen LogP contribution is -1.87. The van der Waals surface area contributed by atoms with Gasteiger partial charge in [-0.1, -0.05) is 10.8 Å². The van der Waals surface area contributed by atoms with Gasteiger partial charge >= 0.3 is 0 Å². The molecule has 2 nitrogen and oxygen atoms in total. The van der Waals surface area contributed by atoms with E-state index in [9.17, 15) is 4.79 Å². The van der Waals surface area contributed by atoms with E-state index in [0.717, 1.165) is 10.2 Å². The minimum absolute atomic E-state index is 0.527. The summed E-state index contributed by atoms with van der Waals surface area (Å²) in [4.78, 5) is 13.1. The first kappa shape index (κ1) is 8.34. The summed E-state index contributed by atoms with van der Waals surface area (Å²) in [6.45, 7) is 4.57. The molecule has 0 spiro atoms. The van der Waals surface area contributed by atoms with Crippen LogP contribution in [0, 0.1) is 0 Å². The van der Waals surface area contributed by atoms with Crippen molar-refractivity contribution in [1.29, 1.82) is 0 Å². The van der Waals surface area contributed by atoms with Crippen molar-refractivity contribution in [3.05, 3.63) is 10.8 Å². The summed E-state index contributed by atoms with van der Waals surface area (Å²) in [6, 6.07) is 0. The zero-order valence-electron chi connectivity index (χ0n) is 6.06. The van der Waals surface area contributed by atoms with Crippen molar-refractivity contribution in [2.24, 2.45) is 4.99 Å². The molecular weight excluding hydrogens is 130 g/mol. The molecule has 0 aliphatic heterocycles. The SMILES string of the molecule is CC([SiH3])=C(C)CN=C=O. The maximum Gasteiger partial charge on any atom is 0.235 e. The zero-order valence-corrected chi connectivity index (χ0v) is 8.06. The van der Waals surface area contributed by atoms with Crippen LogP contribution in [0.15, 0.2) is 15.8 Å². The van der Waals surface area contributed by atoms with Crippen LogP contribution in [0.25, 0.3) is 0 Å². The number of allylic oxidation sites excluding steroid dienone is 1. The fourth-order valence-electron chi connectivity index (χ4n) is 0.309. The molecule has 0 aromatic carbocycles. The summed E-state index contributed by atoms with van der Waals surface area (Å²) in [6.07, 6.45) is 1.51. The van der Waals surface area contributed by atoms with Crippen LogP contribution in [0.5, 0.6) is 0 Å². The van der Waals surface area contributed by atoms with Crippen molar-refractivity contribution in [1.82, 2.24) is 0 Å². The molecular formula is C6H11NOSi. The highest BCUT2D eigenvalue weighted by Crippen LogP contribution is 1.97. The Morgan fingerprint density at radius 2 is 2.22 bits per heavy atom. The molecule has 0 rings (SSSR count). The molecule has 3 heteroatoms. The van der Waals surface area contributed by atoms with Gasteiger partial charge in [0, 0.05) is 10.2 Å². The van der Waals surface area contributed by atoms with Crippen molar-refractivity contribution in [3.8, 4) is 0 Å². The molecule has 0 bridgehead atoms. The fraction of sp³-hybridized carbons (Fsp3) is 0.500. The zero-order chi connectivity index (χ0) is 7.28. The van der Waals surface area contributed by atoms with Gasteiger partial charge in [-0.15, -0.1) is 0 Å². The van der Waals surface area contributed by atoms with Gasteiger partial charge in [0.15, 0.2) is 0 Å². The number of carbonyl (C=O) groups excluding carboxylic acids is 1. The number of aliphatic imine (C=N–C) groups is 1. The van der Waals surface area contributed by atoms with E-state index in [2.05, 4.69) is 11.9 Å². The quantitative estimate of drug-likeness (QED) is 0.302. The standard InChI is InChI=1S/C6H11NOSi/c1-5(6(2)9)3-7-4-8/h3H2,1-2,9H3. The Labute approximate surface area is 58.1 Å². The van der Waals surface area contributed by atoms with Crippen LogP contribution in [0.1, 0.15) is 13.8 Å². The molecule has 0 fully saturated rings. The van der Waals surface area contributed by atoms with Crippen LogP contribution in [0.3, 0.4) is 0 Å². The first-order valence-corrected chi connectivity index (χ1v) is 3.85. The number of nitrogens with zero attached hydrogens (tertiary/aromatic N) is 1. The average molecular weight is 141 g/mol. The van der Waals surface area contributed by atoms with Crippen molar-refractivity contribution < 1.29 is 4.79 Å². The van der Waals surface area contributed by atoms with Gasteiger partial charge in [0.1, 0.15) is 0 Å². The second-order valence-corrected chi connectivity index (χ2v) is 3.69. The van der Waals surface area contributed by atoms with Crippen LogP contribution in [-0.4, -0.2) is 22.9 Å². The summed E-state index contributed by atoms with van der Waals surface area (Å²) in [5.74, 6) is 0. The average Bonchev–Trinajstić information content (AvgIpc) is 1.82. The Bertz CT molecular complexity index is 164. The van der Waals surface area contributed by atoms with E-state index >= 15 is 0 Å². The molecule has 0 saturated heterocycles. The fourth-order valence-corrected chi connectivity index (χ4v) is 0.467. The number of rotatable bonds is 2. The van der Waals surface area contributed by atoms with E-state index in [1.165, 1.54) is 16.8 Å². The summed E-state index contributed by atoms with van der Waals surface area (Å²) >= 11 is 0. The lowest BCUT2D eigenvalue weighted by molar-refractivity contribution is 0.563. The van der Waals surface area contributed by atoms with Crippen molar-refractivity contribution >= 4 is 16.3 Å². The highest BCUT2D eigenvalue weighted by molar-refractivity contribution is 6.21. The summed E-state index contributed by atoms with van der Waals surface area (Å²) in [7, 11) is 1.06. The highest BCUT2D eigenvalue weighted by atomic mass is 28.1. The molecule has 0 aliphatic rings. The van der Waals surface area contributed by atoms with Gasteiger partial charge in [0.25, 0.3) is 0 Å². The smallest absolute Gasteiger partial charge is 0.211 e. The Hall–Kier alpha value is -0.663. The molecule has 0 heterocycles. The minimum atomic E-state index is 0.527. The monoisotopic (exact) mass is 141 g/mol. The maximum atomic E-state index is 9.63. The van der Waals surface area contributed by atoms with Crippen molar-refractivity contribution in [3.63, 3.8) is 0 Å². The molecule has 0 saturated carbocycles. The van der Waals surface area contributed by atoms with E-state index in [-0.39, 0.29) is 0 Å². The van der Waals surface area contributed by atoms with E-state index in [1.54, 1.807) is 0 Å².